The van der Waals surface area contributed by atoms with E-state index in [-0.39, 0.29) is 0 Å². The van der Waals surface area contributed by atoms with E-state index in [9.17, 15) is 0 Å². The standard InChI is InChI=1S/C38H29I/c1-27-6-2-3-7-36(27)34-22-18-32(19-23-34)30-14-10-28(11-15-30)26-29-12-16-31(17-13-29)33-20-24-35(25-21-33)37-8-4-5-9-38(37)39/h2-25H,26H2,1H3. The summed E-state index contributed by atoms with van der Waals surface area (Å²) in [6.45, 7) is 2.17. The van der Waals surface area contributed by atoms with Crippen LogP contribution >= 0.6 is 22.6 Å². The first kappa shape index (κ1) is 25.3. The summed E-state index contributed by atoms with van der Waals surface area (Å²) in [4.78, 5) is 0. The molecule has 0 amide bonds. The first-order valence-corrected chi connectivity index (χ1v) is 14.4. The molecular formula is C38H29I. The van der Waals surface area contributed by atoms with Gasteiger partial charge in [0.2, 0.25) is 0 Å². The third-order valence-corrected chi connectivity index (χ3v) is 8.33. The highest BCUT2D eigenvalue weighted by Crippen LogP contribution is 2.29. The van der Waals surface area contributed by atoms with Crippen LogP contribution in [0.5, 0.6) is 0 Å². The van der Waals surface area contributed by atoms with Gasteiger partial charge >= 0.3 is 0 Å². The molecule has 0 aliphatic rings. The molecule has 0 saturated carbocycles. The maximum Gasteiger partial charge on any atom is 0.0208 e. The van der Waals surface area contributed by atoms with Gasteiger partial charge in [-0.15, -0.1) is 0 Å². The number of benzene rings is 6. The summed E-state index contributed by atoms with van der Waals surface area (Å²) < 4.78 is 1.27. The van der Waals surface area contributed by atoms with E-state index >= 15 is 0 Å². The average Bonchev–Trinajstić information content (AvgIpc) is 2.99. The summed E-state index contributed by atoms with van der Waals surface area (Å²) in [7, 11) is 0. The van der Waals surface area contributed by atoms with Crippen molar-refractivity contribution >= 4 is 22.6 Å². The summed E-state index contributed by atoms with van der Waals surface area (Å²) in [6.07, 6.45) is 0.929. The van der Waals surface area contributed by atoms with E-state index in [1.807, 2.05) is 0 Å². The molecule has 6 aromatic carbocycles. The van der Waals surface area contributed by atoms with Gasteiger partial charge in [-0.1, -0.05) is 140 Å². The van der Waals surface area contributed by atoms with Gasteiger partial charge in [0, 0.05) is 3.57 Å². The van der Waals surface area contributed by atoms with Crippen LogP contribution in [-0.2, 0) is 6.42 Å². The topological polar surface area (TPSA) is 0 Å². The number of hydrogen-bond donors (Lipinski definition) is 0. The van der Waals surface area contributed by atoms with E-state index in [0.29, 0.717) is 0 Å². The molecule has 0 atom stereocenters. The van der Waals surface area contributed by atoms with Crippen LogP contribution in [0.2, 0.25) is 0 Å². The van der Waals surface area contributed by atoms with Crippen LogP contribution in [0.25, 0.3) is 44.5 Å². The zero-order valence-corrected chi connectivity index (χ0v) is 24.1. The lowest BCUT2D eigenvalue weighted by molar-refractivity contribution is 1.19. The Morgan fingerprint density at radius 2 is 0.744 bits per heavy atom. The Morgan fingerprint density at radius 1 is 0.385 bits per heavy atom. The molecule has 6 rings (SSSR count). The van der Waals surface area contributed by atoms with E-state index in [1.165, 1.54) is 64.8 Å². The fraction of sp³-hybridized carbons (Fsp3) is 0.0526. The van der Waals surface area contributed by atoms with Crippen LogP contribution < -0.4 is 0 Å². The smallest absolute Gasteiger partial charge is 0.0208 e. The quantitative estimate of drug-likeness (QED) is 0.164. The van der Waals surface area contributed by atoms with Crippen LogP contribution in [0, 0.1) is 10.5 Å². The Morgan fingerprint density at radius 3 is 1.21 bits per heavy atom. The van der Waals surface area contributed by atoms with Crippen LogP contribution in [0.15, 0.2) is 146 Å². The Kier molecular flexibility index (Phi) is 7.42. The fourth-order valence-corrected chi connectivity index (χ4v) is 5.84. The van der Waals surface area contributed by atoms with Gasteiger partial charge in [-0.3, -0.25) is 0 Å². The minimum absolute atomic E-state index is 0.929. The van der Waals surface area contributed by atoms with Crippen molar-refractivity contribution < 1.29 is 0 Å². The Labute approximate surface area is 245 Å². The van der Waals surface area contributed by atoms with Crippen molar-refractivity contribution in [1.29, 1.82) is 0 Å². The molecule has 0 aliphatic heterocycles. The number of aryl methyl sites for hydroxylation is 1. The summed E-state index contributed by atoms with van der Waals surface area (Å²) in [5, 5.41) is 0. The number of halogens is 1. The normalized spacial score (nSPS) is 10.9. The van der Waals surface area contributed by atoms with Gasteiger partial charge in [-0.05, 0) is 103 Å². The lowest BCUT2D eigenvalue weighted by atomic mass is 9.96. The van der Waals surface area contributed by atoms with Crippen molar-refractivity contribution in [2.75, 3.05) is 0 Å². The van der Waals surface area contributed by atoms with Crippen molar-refractivity contribution in [3.05, 3.63) is 166 Å². The van der Waals surface area contributed by atoms with Crippen LogP contribution in [-0.4, -0.2) is 0 Å². The molecule has 0 N–H and O–H groups in total. The zero-order chi connectivity index (χ0) is 26.6. The minimum Gasteiger partial charge on any atom is -0.0620 e. The molecule has 0 fully saturated rings. The minimum atomic E-state index is 0.929. The molecule has 0 heterocycles. The molecule has 39 heavy (non-hydrogen) atoms. The molecule has 1 heteroatoms. The molecule has 6 aromatic rings. The highest BCUT2D eigenvalue weighted by Gasteiger charge is 2.06. The molecule has 0 spiro atoms. The van der Waals surface area contributed by atoms with Crippen molar-refractivity contribution in [3.8, 4) is 44.5 Å². The second-order valence-electron chi connectivity index (χ2n) is 10.0. The largest absolute Gasteiger partial charge is 0.0620 e. The third-order valence-electron chi connectivity index (χ3n) is 7.39. The molecular weight excluding hydrogens is 583 g/mol. The van der Waals surface area contributed by atoms with E-state index in [2.05, 4.69) is 175 Å². The van der Waals surface area contributed by atoms with Crippen LogP contribution in [0.1, 0.15) is 16.7 Å². The monoisotopic (exact) mass is 612 g/mol. The lowest BCUT2D eigenvalue weighted by Gasteiger charge is -2.09. The van der Waals surface area contributed by atoms with Gasteiger partial charge in [0.05, 0.1) is 0 Å². The third kappa shape index (κ3) is 5.74. The van der Waals surface area contributed by atoms with Crippen molar-refractivity contribution in [3.63, 3.8) is 0 Å². The van der Waals surface area contributed by atoms with Crippen molar-refractivity contribution in [2.24, 2.45) is 0 Å². The molecule has 0 bridgehead atoms. The van der Waals surface area contributed by atoms with E-state index < -0.39 is 0 Å². The van der Waals surface area contributed by atoms with Gasteiger partial charge in [0.25, 0.3) is 0 Å². The molecule has 0 unspecified atom stereocenters. The first-order chi connectivity index (χ1) is 19.1. The Bertz CT molecular complexity index is 1560. The summed E-state index contributed by atoms with van der Waals surface area (Å²) in [5.41, 5.74) is 14.0. The summed E-state index contributed by atoms with van der Waals surface area (Å²) in [6, 6.07) is 52.8. The fourth-order valence-electron chi connectivity index (χ4n) is 5.14. The highest BCUT2D eigenvalue weighted by atomic mass is 127. The van der Waals surface area contributed by atoms with Crippen LogP contribution in [0.4, 0.5) is 0 Å². The second kappa shape index (κ2) is 11.4. The van der Waals surface area contributed by atoms with E-state index in [0.717, 1.165) is 6.42 Å². The molecule has 0 aromatic heterocycles. The van der Waals surface area contributed by atoms with Crippen molar-refractivity contribution in [2.45, 2.75) is 13.3 Å². The second-order valence-corrected chi connectivity index (χ2v) is 11.2. The maximum atomic E-state index is 2.41. The predicted octanol–water partition coefficient (Wildman–Crippen LogP) is 10.9. The Hall–Kier alpha value is -3.95. The zero-order valence-electron chi connectivity index (χ0n) is 21.9. The summed E-state index contributed by atoms with van der Waals surface area (Å²) in [5.74, 6) is 0. The molecule has 0 aliphatic carbocycles. The molecule has 0 radical (unpaired) electrons. The SMILES string of the molecule is Cc1ccccc1-c1ccc(-c2ccc(Cc3ccc(-c4ccc(-c5ccccc5I)cc4)cc3)cc2)cc1. The van der Waals surface area contributed by atoms with Gasteiger partial charge in [0.15, 0.2) is 0 Å². The average molecular weight is 613 g/mol. The number of hydrogen-bond acceptors (Lipinski definition) is 0. The predicted molar refractivity (Wildman–Crippen MR) is 175 cm³/mol. The van der Waals surface area contributed by atoms with Crippen LogP contribution in [0.3, 0.4) is 0 Å². The van der Waals surface area contributed by atoms with Gasteiger partial charge in [-0.25, -0.2) is 0 Å². The molecule has 0 nitrogen and oxygen atoms in total. The van der Waals surface area contributed by atoms with Gasteiger partial charge in [0.1, 0.15) is 0 Å². The summed E-state index contributed by atoms with van der Waals surface area (Å²) >= 11 is 2.41. The van der Waals surface area contributed by atoms with Gasteiger partial charge < -0.3 is 0 Å². The Balaban J connectivity index is 1.12. The number of rotatable bonds is 6. The van der Waals surface area contributed by atoms with Gasteiger partial charge in [-0.2, -0.15) is 0 Å². The highest BCUT2D eigenvalue weighted by molar-refractivity contribution is 14.1. The van der Waals surface area contributed by atoms with Crippen molar-refractivity contribution in [1.82, 2.24) is 0 Å². The maximum absolute atomic E-state index is 2.41. The van der Waals surface area contributed by atoms with E-state index in [4.69, 9.17) is 0 Å². The molecule has 0 saturated heterocycles. The first-order valence-electron chi connectivity index (χ1n) is 13.3. The molecule has 188 valence electrons. The van der Waals surface area contributed by atoms with E-state index in [1.54, 1.807) is 0 Å². The lowest BCUT2D eigenvalue weighted by Crippen LogP contribution is -1.89.